The van der Waals surface area contributed by atoms with Gasteiger partial charge in [0.2, 0.25) is 10.0 Å². The molecular formula is C15H23N3O5S. The molecule has 0 aliphatic carbocycles. The highest BCUT2D eigenvalue weighted by atomic mass is 32.2. The molecule has 1 saturated heterocycles. The average Bonchev–Trinajstić information content (AvgIpc) is 2.60. The Bertz CT molecular complexity index is 699. The van der Waals surface area contributed by atoms with E-state index in [0.29, 0.717) is 0 Å². The number of likely N-dealkylation sites (tertiary alicyclic amines) is 1. The Kier molecular flexibility index (Phi) is 5.79. The van der Waals surface area contributed by atoms with Crippen LogP contribution in [0.4, 0.5) is 5.69 Å². The number of nitro groups is 1. The summed E-state index contributed by atoms with van der Waals surface area (Å²) in [5, 5.41) is 11.0. The second-order valence-electron chi connectivity index (χ2n) is 5.78. The van der Waals surface area contributed by atoms with Crippen LogP contribution in [-0.2, 0) is 10.0 Å². The summed E-state index contributed by atoms with van der Waals surface area (Å²) in [5.74, 6) is 0.110. The summed E-state index contributed by atoms with van der Waals surface area (Å²) in [6.07, 6.45) is 1.47. The van der Waals surface area contributed by atoms with Gasteiger partial charge in [-0.15, -0.1) is 0 Å². The normalized spacial score (nSPS) is 17.2. The lowest BCUT2D eigenvalue weighted by molar-refractivity contribution is -0.385. The van der Waals surface area contributed by atoms with Crippen LogP contribution >= 0.6 is 0 Å². The van der Waals surface area contributed by atoms with Gasteiger partial charge in [-0.3, -0.25) is 10.1 Å². The van der Waals surface area contributed by atoms with Crippen molar-refractivity contribution < 1.29 is 18.1 Å². The Hall–Kier alpha value is -1.71. The minimum absolute atomic E-state index is 0.110. The lowest BCUT2D eigenvalue weighted by Crippen LogP contribution is -2.45. The smallest absolute Gasteiger partial charge is 0.271 e. The van der Waals surface area contributed by atoms with Gasteiger partial charge in [-0.2, -0.15) is 4.31 Å². The maximum Gasteiger partial charge on any atom is 0.271 e. The third-order valence-corrected chi connectivity index (χ3v) is 6.46. The number of ether oxygens (including phenoxy) is 1. The molecule has 2 rings (SSSR count). The number of non-ortho nitro benzene ring substituents is 1. The van der Waals surface area contributed by atoms with Gasteiger partial charge in [-0.05, 0) is 38.5 Å². The van der Waals surface area contributed by atoms with Crippen LogP contribution in [0.1, 0.15) is 19.8 Å². The van der Waals surface area contributed by atoms with Crippen molar-refractivity contribution >= 4 is 15.7 Å². The summed E-state index contributed by atoms with van der Waals surface area (Å²) in [7, 11) is -1.00. The van der Waals surface area contributed by atoms with E-state index in [1.807, 2.05) is 0 Å². The van der Waals surface area contributed by atoms with E-state index < -0.39 is 14.9 Å². The highest BCUT2D eigenvalue weighted by molar-refractivity contribution is 7.89. The summed E-state index contributed by atoms with van der Waals surface area (Å²) >= 11 is 0. The summed E-state index contributed by atoms with van der Waals surface area (Å²) < 4.78 is 32.3. The van der Waals surface area contributed by atoms with Crippen LogP contribution in [0.5, 0.6) is 5.75 Å². The number of hydrogen-bond acceptors (Lipinski definition) is 6. The van der Waals surface area contributed by atoms with Gasteiger partial charge >= 0.3 is 0 Å². The fraction of sp³-hybridized carbons (Fsp3) is 0.600. The van der Waals surface area contributed by atoms with Crippen LogP contribution in [0.2, 0.25) is 0 Å². The van der Waals surface area contributed by atoms with Crippen LogP contribution in [-0.4, -0.2) is 62.4 Å². The van der Waals surface area contributed by atoms with E-state index in [0.717, 1.165) is 38.5 Å². The molecule has 0 unspecified atom stereocenters. The van der Waals surface area contributed by atoms with Crippen molar-refractivity contribution in [3.8, 4) is 5.75 Å². The van der Waals surface area contributed by atoms with Crippen molar-refractivity contribution in [2.75, 3.05) is 33.8 Å². The molecule has 1 aliphatic rings. The first-order chi connectivity index (χ1) is 11.3. The number of rotatable bonds is 6. The first kappa shape index (κ1) is 18.6. The predicted molar refractivity (Wildman–Crippen MR) is 89.7 cm³/mol. The van der Waals surface area contributed by atoms with Gasteiger partial charge in [0.25, 0.3) is 5.69 Å². The van der Waals surface area contributed by atoms with E-state index in [1.165, 1.54) is 30.6 Å². The second-order valence-corrected chi connectivity index (χ2v) is 7.74. The highest BCUT2D eigenvalue weighted by Crippen LogP contribution is 2.32. The number of piperidine rings is 1. The molecule has 8 nitrogen and oxygen atoms in total. The van der Waals surface area contributed by atoms with Gasteiger partial charge in [0.1, 0.15) is 10.6 Å². The standard InChI is InChI=1S/C15H23N3O5S/c1-4-17-9-7-12(8-10-17)16(2)24(21,22)15-11-13(18(19)20)5-6-14(15)23-3/h5-6,11-12H,4,7-10H2,1-3H3. The van der Waals surface area contributed by atoms with Crippen molar-refractivity contribution in [2.24, 2.45) is 0 Å². The van der Waals surface area contributed by atoms with Crippen LogP contribution in [0, 0.1) is 10.1 Å². The molecule has 0 bridgehead atoms. The largest absolute Gasteiger partial charge is 0.495 e. The maximum atomic E-state index is 12.9. The number of hydrogen-bond donors (Lipinski definition) is 0. The Labute approximate surface area is 142 Å². The third-order valence-electron chi connectivity index (χ3n) is 4.53. The fourth-order valence-electron chi connectivity index (χ4n) is 2.93. The third kappa shape index (κ3) is 3.68. The minimum Gasteiger partial charge on any atom is -0.495 e. The monoisotopic (exact) mass is 357 g/mol. The summed E-state index contributed by atoms with van der Waals surface area (Å²) in [6.45, 7) is 4.71. The lowest BCUT2D eigenvalue weighted by Gasteiger charge is -2.35. The van der Waals surface area contributed by atoms with Crippen molar-refractivity contribution in [1.82, 2.24) is 9.21 Å². The fourth-order valence-corrected chi connectivity index (χ4v) is 4.52. The van der Waals surface area contributed by atoms with Crippen molar-refractivity contribution in [3.63, 3.8) is 0 Å². The number of benzene rings is 1. The highest BCUT2D eigenvalue weighted by Gasteiger charge is 2.33. The quantitative estimate of drug-likeness (QED) is 0.568. The molecule has 1 aliphatic heterocycles. The van der Waals surface area contributed by atoms with Crippen molar-refractivity contribution in [2.45, 2.75) is 30.7 Å². The van der Waals surface area contributed by atoms with Gasteiger partial charge < -0.3 is 9.64 Å². The Morgan fingerprint density at radius 3 is 2.50 bits per heavy atom. The first-order valence-electron chi connectivity index (χ1n) is 7.84. The van der Waals surface area contributed by atoms with E-state index >= 15 is 0 Å². The molecule has 24 heavy (non-hydrogen) atoms. The molecule has 1 aromatic carbocycles. The summed E-state index contributed by atoms with van der Waals surface area (Å²) in [5.41, 5.74) is -0.274. The molecule has 0 spiro atoms. The SMILES string of the molecule is CCN1CCC(N(C)S(=O)(=O)c2cc([N+](=O)[O-])ccc2OC)CC1. The van der Waals surface area contributed by atoms with Gasteiger partial charge in [0.15, 0.2) is 0 Å². The summed E-state index contributed by atoms with van der Waals surface area (Å²) in [6, 6.07) is 3.49. The Morgan fingerprint density at radius 1 is 1.38 bits per heavy atom. The summed E-state index contributed by atoms with van der Waals surface area (Å²) in [4.78, 5) is 12.5. The number of sulfonamides is 1. The molecule has 0 N–H and O–H groups in total. The van der Waals surface area contributed by atoms with E-state index in [-0.39, 0.29) is 22.4 Å². The number of nitro benzene ring substituents is 1. The zero-order valence-electron chi connectivity index (χ0n) is 14.1. The zero-order valence-corrected chi connectivity index (χ0v) is 15.0. The van der Waals surface area contributed by atoms with Crippen LogP contribution < -0.4 is 4.74 Å². The molecule has 1 heterocycles. The number of nitrogens with zero attached hydrogens (tertiary/aromatic N) is 3. The number of methoxy groups -OCH3 is 1. The molecule has 134 valence electrons. The predicted octanol–water partition coefficient (Wildman–Crippen LogP) is 1.71. The van der Waals surface area contributed by atoms with Crippen LogP contribution in [0.3, 0.4) is 0 Å². The Balaban J connectivity index is 2.32. The molecule has 0 amide bonds. The van der Waals surface area contributed by atoms with E-state index in [1.54, 1.807) is 0 Å². The van der Waals surface area contributed by atoms with Crippen LogP contribution in [0.15, 0.2) is 23.1 Å². The van der Waals surface area contributed by atoms with Gasteiger partial charge in [-0.25, -0.2) is 8.42 Å². The van der Waals surface area contributed by atoms with Gasteiger partial charge in [0.05, 0.1) is 12.0 Å². The maximum absolute atomic E-state index is 12.9. The minimum atomic E-state index is -3.88. The zero-order chi connectivity index (χ0) is 17.9. The van der Waals surface area contributed by atoms with E-state index in [2.05, 4.69) is 11.8 Å². The van der Waals surface area contributed by atoms with Crippen molar-refractivity contribution in [3.05, 3.63) is 28.3 Å². The molecular weight excluding hydrogens is 334 g/mol. The molecule has 9 heteroatoms. The molecule has 0 saturated carbocycles. The molecule has 0 aromatic heterocycles. The lowest BCUT2D eigenvalue weighted by atomic mass is 10.1. The topological polar surface area (TPSA) is 93.0 Å². The first-order valence-corrected chi connectivity index (χ1v) is 9.28. The average molecular weight is 357 g/mol. The van der Waals surface area contributed by atoms with Gasteiger partial charge in [0, 0.05) is 25.2 Å². The van der Waals surface area contributed by atoms with Crippen LogP contribution in [0.25, 0.3) is 0 Å². The molecule has 0 radical (unpaired) electrons. The Morgan fingerprint density at radius 2 is 2.00 bits per heavy atom. The van der Waals surface area contributed by atoms with E-state index in [9.17, 15) is 18.5 Å². The second kappa shape index (κ2) is 7.45. The molecule has 1 fully saturated rings. The molecule has 1 aromatic rings. The van der Waals surface area contributed by atoms with Gasteiger partial charge in [-0.1, -0.05) is 6.92 Å². The van der Waals surface area contributed by atoms with Crippen molar-refractivity contribution in [1.29, 1.82) is 0 Å². The van der Waals surface area contributed by atoms with E-state index in [4.69, 9.17) is 4.74 Å². The molecule has 0 atom stereocenters.